The van der Waals surface area contributed by atoms with Crippen molar-refractivity contribution in [3.63, 3.8) is 0 Å². The Labute approximate surface area is 156 Å². The highest BCUT2D eigenvalue weighted by atomic mass is 16.3. The Hall–Kier alpha value is -3.58. The molecule has 6 aromatic rings. The number of phenols is 1. The van der Waals surface area contributed by atoms with E-state index in [1.165, 1.54) is 32.3 Å². The SMILES string of the molecule is Oc1cccc2ccc3ccc4ccc5ccc6ccccc6c5c4c3c12. The molecule has 0 atom stereocenters. The topological polar surface area (TPSA) is 20.2 Å². The second kappa shape index (κ2) is 5.21. The predicted molar refractivity (Wildman–Crippen MR) is 116 cm³/mol. The third-order valence-electron chi connectivity index (χ3n) is 5.69. The Morgan fingerprint density at radius 2 is 0.852 bits per heavy atom. The van der Waals surface area contributed by atoms with E-state index >= 15 is 0 Å². The van der Waals surface area contributed by atoms with Crippen molar-refractivity contribution in [3.8, 4) is 5.75 Å². The van der Waals surface area contributed by atoms with Gasteiger partial charge in [0.05, 0.1) is 0 Å². The quantitative estimate of drug-likeness (QED) is 0.290. The van der Waals surface area contributed by atoms with Gasteiger partial charge in [0.1, 0.15) is 5.75 Å². The highest BCUT2D eigenvalue weighted by Gasteiger charge is 2.12. The van der Waals surface area contributed by atoms with Crippen molar-refractivity contribution in [1.82, 2.24) is 0 Å². The highest BCUT2D eigenvalue weighted by molar-refractivity contribution is 6.32. The molecule has 0 radical (unpaired) electrons. The van der Waals surface area contributed by atoms with Crippen LogP contribution in [0.15, 0.2) is 91.0 Å². The number of fused-ring (bicyclic) bond motifs is 9. The van der Waals surface area contributed by atoms with Crippen LogP contribution in [0.2, 0.25) is 0 Å². The molecule has 1 N–H and O–H groups in total. The van der Waals surface area contributed by atoms with Gasteiger partial charge in [-0.3, -0.25) is 0 Å². The summed E-state index contributed by atoms with van der Waals surface area (Å²) in [6, 6.07) is 31.6. The van der Waals surface area contributed by atoms with Gasteiger partial charge < -0.3 is 5.11 Å². The average Bonchev–Trinajstić information content (AvgIpc) is 2.72. The van der Waals surface area contributed by atoms with Gasteiger partial charge in [0, 0.05) is 10.8 Å². The number of rotatable bonds is 0. The smallest absolute Gasteiger partial charge is 0.124 e. The predicted octanol–water partition coefficient (Wildman–Crippen LogP) is 7.16. The number of hydrogen-bond donors (Lipinski definition) is 1. The van der Waals surface area contributed by atoms with E-state index in [1.54, 1.807) is 6.07 Å². The maximum Gasteiger partial charge on any atom is 0.124 e. The van der Waals surface area contributed by atoms with Gasteiger partial charge in [-0.25, -0.2) is 0 Å². The third kappa shape index (κ3) is 1.94. The fraction of sp³-hybridized carbons (Fsp3) is 0. The first-order chi connectivity index (χ1) is 13.3. The Morgan fingerprint density at radius 1 is 0.370 bits per heavy atom. The molecule has 0 saturated carbocycles. The van der Waals surface area contributed by atoms with Crippen LogP contribution in [-0.2, 0) is 0 Å². The molecular formula is C26H16O. The van der Waals surface area contributed by atoms with E-state index in [0.717, 1.165) is 21.5 Å². The van der Waals surface area contributed by atoms with Crippen LogP contribution in [0.5, 0.6) is 5.75 Å². The molecule has 126 valence electrons. The molecule has 27 heavy (non-hydrogen) atoms. The van der Waals surface area contributed by atoms with Gasteiger partial charge in [0.15, 0.2) is 0 Å². The summed E-state index contributed by atoms with van der Waals surface area (Å²) < 4.78 is 0. The molecule has 0 saturated heterocycles. The first-order valence-electron chi connectivity index (χ1n) is 9.19. The molecule has 0 spiro atoms. The molecule has 1 nitrogen and oxygen atoms in total. The second-order valence-electron chi connectivity index (χ2n) is 7.15. The minimum absolute atomic E-state index is 0.336. The molecule has 0 amide bonds. The molecule has 0 aliphatic heterocycles. The maximum atomic E-state index is 10.7. The average molecular weight is 344 g/mol. The molecule has 0 aromatic heterocycles. The first kappa shape index (κ1) is 14.6. The molecule has 0 heterocycles. The number of benzene rings is 6. The molecule has 0 fully saturated rings. The molecule has 0 aliphatic carbocycles. The van der Waals surface area contributed by atoms with Crippen molar-refractivity contribution in [3.05, 3.63) is 91.0 Å². The summed E-state index contributed by atoms with van der Waals surface area (Å²) in [7, 11) is 0. The summed E-state index contributed by atoms with van der Waals surface area (Å²) in [4.78, 5) is 0. The van der Waals surface area contributed by atoms with Gasteiger partial charge in [0.2, 0.25) is 0 Å². The van der Waals surface area contributed by atoms with Crippen molar-refractivity contribution in [2.24, 2.45) is 0 Å². The van der Waals surface area contributed by atoms with E-state index in [2.05, 4.69) is 78.9 Å². The second-order valence-corrected chi connectivity index (χ2v) is 7.15. The van der Waals surface area contributed by atoms with Gasteiger partial charge in [-0.1, -0.05) is 84.9 Å². The zero-order chi connectivity index (χ0) is 18.0. The van der Waals surface area contributed by atoms with Crippen molar-refractivity contribution >= 4 is 53.9 Å². The Bertz CT molecular complexity index is 1510. The summed E-state index contributed by atoms with van der Waals surface area (Å²) in [6.07, 6.45) is 0. The summed E-state index contributed by atoms with van der Waals surface area (Å²) in [5.41, 5.74) is 0. The van der Waals surface area contributed by atoms with Crippen molar-refractivity contribution < 1.29 is 5.11 Å². The lowest BCUT2D eigenvalue weighted by Gasteiger charge is -2.13. The van der Waals surface area contributed by atoms with Gasteiger partial charge in [0.25, 0.3) is 0 Å². The number of aromatic hydroxyl groups is 1. The third-order valence-corrected chi connectivity index (χ3v) is 5.69. The zero-order valence-corrected chi connectivity index (χ0v) is 14.6. The fourth-order valence-electron chi connectivity index (χ4n) is 4.49. The Balaban J connectivity index is 2.04. The number of phenolic OH excluding ortho intramolecular Hbond substituents is 1. The lowest BCUT2D eigenvalue weighted by molar-refractivity contribution is 0.482. The van der Waals surface area contributed by atoms with Crippen LogP contribution in [0.4, 0.5) is 0 Å². The first-order valence-corrected chi connectivity index (χ1v) is 9.19. The maximum absolute atomic E-state index is 10.7. The van der Waals surface area contributed by atoms with E-state index in [-0.39, 0.29) is 0 Å². The van der Waals surface area contributed by atoms with Gasteiger partial charge in [-0.2, -0.15) is 0 Å². The summed E-state index contributed by atoms with van der Waals surface area (Å²) in [5, 5.41) is 22.4. The minimum Gasteiger partial charge on any atom is -0.507 e. The Morgan fingerprint density at radius 3 is 1.56 bits per heavy atom. The van der Waals surface area contributed by atoms with E-state index in [9.17, 15) is 5.11 Å². The van der Waals surface area contributed by atoms with Crippen molar-refractivity contribution in [1.29, 1.82) is 0 Å². The van der Waals surface area contributed by atoms with Gasteiger partial charge >= 0.3 is 0 Å². The van der Waals surface area contributed by atoms with Crippen LogP contribution < -0.4 is 0 Å². The molecular weight excluding hydrogens is 328 g/mol. The van der Waals surface area contributed by atoms with Crippen LogP contribution >= 0.6 is 0 Å². The summed E-state index contributed by atoms with van der Waals surface area (Å²) in [5.74, 6) is 0.336. The van der Waals surface area contributed by atoms with Gasteiger partial charge in [-0.05, 0) is 49.2 Å². The van der Waals surface area contributed by atoms with E-state index in [4.69, 9.17) is 0 Å². The van der Waals surface area contributed by atoms with Crippen LogP contribution in [0, 0.1) is 0 Å². The largest absolute Gasteiger partial charge is 0.507 e. The van der Waals surface area contributed by atoms with Crippen molar-refractivity contribution in [2.45, 2.75) is 0 Å². The van der Waals surface area contributed by atoms with Crippen LogP contribution in [0.3, 0.4) is 0 Å². The monoisotopic (exact) mass is 344 g/mol. The summed E-state index contributed by atoms with van der Waals surface area (Å²) in [6.45, 7) is 0. The van der Waals surface area contributed by atoms with Crippen LogP contribution in [-0.4, -0.2) is 5.11 Å². The van der Waals surface area contributed by atoms with E-state index in [1.807, 2.05) is 6.07 Å². The number of hydrogen-bond acceptors (Lipinski definition) is 1. The highest BCUT2D eigenvalue weighted by Crippen LogP contribution is 2.41. The van der Waals surface area contributed by atoms with Crippen molar-refractivity contribution in [2.75, 3.05) is 0 Å². The van der Waals surface area contributed by atoms with E-state index < -0.39 is 0 Å². The fourth-order valence-corrected chi connectivity index (χ4v) is 4.49. The molecule has 0 aliphatic rings. The van der Waals surface area contributed by atoms with Crippen LogP contribution in [0.1, 0.15) is 0 Å². The zero-order valence-electron chi connectivity index (χ0n) is 14.6. The minimum atomic E-state index is 0.336. The summed E-state index contributed by atoms with van der Waals surface area (Å²) >= 11 is 0. The molecule has 6 aromatic carbocycles. The molecule has 1 heteroatoms. The lowest BCUT2D eigenvalue weighted by Crippen LogP contribution is -1.85. The van der Waals surface area contributed by atoms with Gasteiger partial charge in [-0.15, -0.1) is 0 Å². The van der Waals surface area contributed by atoms with E-state index in [0.29, 0.717) is 5.75 Å². The lowest BCUT2D eigenvalue weighted by atomic mass is 9.90. The molecule has 0 unspecified atom stereocenters. The van der Waals surface area contributed by atoms with Crippen LogP contribution in [0.25, 0.3) is 53.9 Å². The molecule has 0 bridgehead atoms. The normalized spacial score (nSPS) is 11.9. The molecule has 6 rings (SSSR count). The standard InChI is InChI=1S/C26H16O/c27-22-7-3-5-17-10-12-20-15-14-19-13-11-18-9-8-16-4-1-2-6-21(16)23(18)25(19)26(20)24(17)22/h1-15,27H. The Kier molecular flexibility index (Phi) is 2.81.